The number of likely N-dealkylation sites (tertiary alicyclic amines) is 1. The molecule has 0 saturated carbocycles. The lowest BCUT2D eigenvalue weighted by Gasteiger charge is -2.47. The van der Waals surface area contributed by atoms with Crippen molar-refractivity contribution in [2.75, 3.05) is 6.61 Å². The van der Waals surface area contributed by atoms with Crippen LogP contribution < -0.4 is 5.32 Å². The van der Waals surface area contributed by atoms with Crippen molar-refractivity contribution >= 4 is 35.2 Å². The van der Waals surface area contributed by atoms with Crippen LogP contribution in [-0.2, 0) is 35.1 Å². The summed E-state index contributed by atoms with van der Waals surface area (Å²) in [6.07, 6.45) is -1.83. The molecule has 1 saturated heterocycles. The highest BCUT2D eigenvalue weighted by atomic mass is 35.5. The molecule has 3 aromatic carbocycles. The van der Waals surface area contributed by atoms with Crippen molar-refractivity contribution in [3.63, 3.8) is 0 Å². The van der Waals surface area contributed by atoms with Crippen LogP contribution in [0.15, 0.2) is 91.0 Å². The summed E-state index contributed by atoms with van der Waals surface area (Å²) in [5.41, 5.74) is 0.667. The number of carbonyl (C=O) groups excluding carboxylic acids is 4. The van der Waals surface area contributed by atoms with Crippen molar-refractivity contribution in [2.45, 2.75) is 37.2 Å². The molecule has 8 nitrogen and oxygen atoms in total. The van der Waals surface area contributed by atoms with E-state index >= 15 is 0 Å². The molecule has 0 bridgehead atoms. The first-order valence-electron chi connectivity index (χ1n) is 12.1. The van der Waals surface area contributed by atoms with E-state index in [9.17, 15) is 19.2 Å². The van der Waals surface area contributed by atoms with Crippen molar-refractivity contribution in [3.05, 3.63) is 108 Å². The molecule has 4 rings (SSSR count). The molecule has 0 aromatic heterocycles. The van der Waals surface area contributed by atoms with Crippen LogP contribution in [0, 0.1) is 0 Å². The van der Waals surface area contributed by atoms with Crippen molar-refractivity contribution < 1.29 is 28.7 Å². The summed E-state index contributed by atoms with van der Waals surface area (Å²) in [6, 6.07) is 26.2. The first kappa shape index (κ1) is 27.0. The molecule has 0 radical (unpaired) electrons. The molecule has 3 aromatic rings. The Balaban J connectivity index is 1.48. The van der Waals surface area contributed by atoms with Crippen molar-refractivity contribution in [1.29, 1.82) is 0 Å². The summed E-state index contributed by atoms with van der Waals surface area (Å²) in [5.74, 6) is -2.19. The second kappa shape index (κ2) is 12.5. The molecule has 38 heavy (non-hydrogen) atoms. The molecule has 1 N–H and O–H groups in total. The van der Waals surface area contributed by atoms with Crippen LogP contribution in [0.2, 0.25) is 0 Å². The van der Waals surface area contributed by atoms with Gasteiger partial charge in [0.15, 0.2) is 24.2 Å². The first-order valence-corrected chi connectivity index (χ1v) is 12.5. The van der Waals surface area contributed by atoms with E-state index in [1.165, 1.54) is 6.92 Å². The van der Waals surface area contributed by atoms with Gasteiger partial charge in [0.05, 0.1) is 6.42 Å². The van der Waals surface area contributed by atoms with E-state index in [0.29, 0.717) is 0 Å². The number of ketones is 1. The number of esters is 1. The average Bonchev–Trinajstić information content (AvgIpc) is 2.93. The van der Waals surface area contributed by atoms with Gasteiger partial charge in [0.2, 0.25) is 11.4 Å². The van der Waals surface area contributed by atoms with E-state index in [0.717, 1.165) is 21.6 Å². The van der Waals surface area contributed by atoms with Gasteiger partial charge in [-0.1, -0.05) is 103 Å². The number of hydrogen-bond donors (Lipinski definition) is 1. The topological polar surface area (TPSA) is 102 Å². The molecule has 0 aliphatic carbocycles. The maximum atomic E-state index is 13.2. The number of amides is 2. The molecule has 1 aliphatic rings. The number of Topliss-reactive ketones (excluding diaryl/α,β-unsaturated/α-hetero) is 1. The molecule has 3 atom stereocenters. The molecule has 0 spiro atoms. The Morgan fingerprint density at radius 2 is 1.42 bits per heavy atom. The zero-order valence-corrected chi connectivity index (χ0v) is 21.4. The van der Waals surface area contributed by atoms with Gasteiger partial charge in [-0.15, -0.1) is 0 Å². The third-order valence-corrected chi connectivity index (χ3v) is 6.33. The van der Waals surface area contributed by atoms with Crippen LogP contribution in [0.4, 0.5) is 0 Å². The van der Waals surface area contributed by atoms with Gasteiger partial charge in [0, 0.05) is 0 Å². The molecule has 1 heterocycles. The Labute approximate surface area is 225 Å². The van der Waals surface area contributed by atoms with Crippen molar-refractivity contribution in [3.8, 4) is 0 Å². The lowest BCUT2D eigenvalue weighted by atomic mass is 10.0. The quantitative estimate of drug-likeness (QED) is 0.175. The first-order chi connectivity index (χ1) is 18.3. The molecule has 1 aliphatic heterocycles. The predicted molar refractivity (Wildman–Crippen MR) is 140 cm³/mol. The normalized spacial score (nSPS) is 17.4. The number of ether oxygens (including phenoxy) is 2. The zero-order valence-electron chi connectivity index (χ0n) is 20.7. The van der Waals surface area contributed by atoms with Crippen LogP contribution in [0.3, 0.4) is 0 Å². The second-order valence-corrected chi connectivity index (χ2v) is 9.24. The summed E-state index contributed by atoms with van der Waals surface area (Å²) in [4.78, 5) is 51.3. The van der Waals surface area contributed by atoms with Crippen molar-refractivity contribution in [1.82, 2.24) is 10.2 Å². The van der Waals surface area contributed by atoms with E-state index in [1.54, 1.807) is 24.3 Å². The molecule has 9 heteroatoms. The van der Waals surface area contributed by atoms with Gasteiger partial charge in [-0.2, -0.15) is 0 Å². The molecule has 2 amide bonds. The summed E-state index contributed by atoms with van der Waals surface area (Å²) < 4.78 is 11.4. The summed E-state index contributed by atoms with van der Waals surface area (Å²) in [5, 5.41) is 2.63. The minimum atomic E-state index is -1.54. The number of nitrogens with zero attached hydrogens (tertiary/aromatic N) is 1. The van der Waals surface area contributed by atoms with Gasteiger partial charge in [-0.25, -0.2) is 4.79 Å². The number of hydrogen-bond acceptors (Lipinski definition) is 6. The van der Waals surface area contributed by atoms with E-state index < -0.39 is 41.7 Å². The van der Waals surface area contributed by atoms with Gasteiger partial charge in [0.25, 0.3) is 5.91 Å². The highest BCUT2D eigenvalue weighted by Crippen LogP contribution is 2.31. The molecule has 1 fully saturated rings. The predicted octanol–water partition coefficient (Wildman–Crippen LogP) is 3.39. The van der Waals surface area contributed by atoms with E-state index in [-0.39, 0.29) is 18.8 Å². The Kier molecular flexibility index (Phi) is 8.89. The number of nitrogens with one attached hydrogen (secondary N) is 1. The van der Waals surface area contributed by atoms with E-state index in [2.05, 4.69) is 5.32 Å². The fraction of sp³-hybridized carbons (Fsp3) is 0.241. The van der Waals surface area contributed by atoms with Gasteiger partial charge >= 0.3 is 5.97 Å². The van der Waals surface area contributed by atoms with E-state index in [4.69, 9.17) is 21.1 Å². The number of β-lactam (4-membered cyclic amide) rings is 1. The number of halogens is 1. The highest BCUT2D eigenvalue weighted by Gasteiger charge is 2.54. The third kappa shape index (κ3) is 6.45. The SMILES string of the molecule is CC(=O)COC1C(NC(=O)Cc2ccccc2)C(=O)N1C(Cl)C(=O)OC(c1ccccc1)c1ccccc1. The number of rotatable bonds is 11. The molecular weight excluding hydrogens is 508 g/mol. The highest BCUT2D eigenvalue weighted by molar-refractivity contribution is 6.31. The number of benzene rings is 3. The molecular formula is C29H27ClN2O6. The van der Waals surface area contributed by atoms with Crippen LogP contribution in [-0.4, -0.2) is 52.8 Å². The molecule has 196 valence electrons. The van der Waals surface area contributed by atoms with Gasteiger partial charge in [-0.05, 0) is 23.6 Å². The van der Waals surface area contributed by atoms with Gasteiger partial charge in [0.1, 0.15) is 6.61 Å². The lowest BCUT2D eigenvalue weighted by molar-refractivity contribution is -0.194. The summed E-state index contributed by atoms with van der Waals surface area (Å²) >= 11 is 6.44. The Hall–Kier alpha value is -4.01. The minimum absolute atomic E-state index is 0.0478. The summed E-state index contributed by atoms with van der Waals surface area (Å²) in [7, 11) is 0. The number of carbonyl (C=O) groups is 4. The van der Waals surface area contributed by atoms with Crippen LogP contribution >= 0.6 is 11.6 Å². The smallest absolute Gasteiger partial charge is 0.345 e. The fourth-order valence-corrected chi connectivity index (χ4v) is 4.37. The minimum Gasteiger partial charge on any atom is -0.450 e. The maximum absolute atomic E-state index is 13.2. The van der Waals surface area contributed by atoms with Crippen LogP contribution in [0.25, 0.3) is 0 Å². The Morgan fingerprint density at radius 1 is 0.895 bits per heavy atom. The number of alkyl halides is 1. The van der Waals surface area contributed by atoms with Gasteiger partial charge in [-0.3, -0.25) is 19.3 Å². The van der Waals surface area contributed by atoms with Crippen LogP contribution in [0.5, 0.6) is 0 Å². The lowest BCUT2D eigenvalue weighted by Crippen LogP contribution is -2.74. The third-order valence-electron chi connectivity index (χ3n) is 5.94. The largest absolute Gasteiger partial charge is 0.450 e. The average molecular weight is 535 g/mol. The fourth-order valence-electron chi connectivity index (χ4n) is 4.12. The Morgan fingerprint density at radius 3 is 1.95 bits per heavy atom. The van der Waals surface area contributed by atoms with E-state index in [1.807, 2.05) is 66.7 Å². The second-order valence-electron chi connectivity index (χ2n) is 8.83. The monoisotopic (exact) mass is 534 g/mol. The summed E-state index contributed by atoms with van der Waals surface area (Å²) in [6.45, 7) is 0.999. The maximum Gasteiger partial charge on any atom is 0.345 e. The molecule has 3 unspecified atom stereocenters. The van der Waals surface area contributed by atoms with Crippen molar-refractivity contribution in [2.24, 2.45) is 0 Å². The Bertz CT molecular complexity index is 1230. The van der Waals surface area contributed by atoms with Gasteiger partial charge < -0.3 is 14.8 Å². The standard InChI is InChI=1S/C29H27ClN2O6/c1-19(33)18-37-28-24(31-23(34)17-20-11-5-2-6-12-20)27(35)32(28)26(30)29(36)38-25(21-13-7-3-8-14-21)22-15-9-4-10-16-22/h2-16,24-26,28H,17-18H2,1H3,(H,31,34). The zero-order chi connectivity index (χ0) is 27.1. The van der Waals surface area contributed by atoms with Crippen LogP contribution in [0.1, 0.15) is 29.7 Å².